The summed E-state index contributed by atoms with van der Waals surface area (Å²) in [6.07, 6.45) is 2.53. The maximum absolute atomic E-state index is 13.0. The molecule has 3 heterocycles. The number of sulfonamides is 1. The van der Waals surface area contributed by atoms with E-state index in [0.717, 1.165) is 17.8 Å². The van der Waals surface area contributed by atoms with Gasteiger partial charge in [-0.1, -0.05) is 19.9 Å². The lowest BCUT2D eigenvalue weighted by atomic mass is 10.0. The second-order valence-electron chi connectivity index (χ2n) is 7.86. The molecule has 9 nitrogen and oxygen atoms in total. The number of aryl methyl sites for hydroxylation is 1. The van der Waals surface area contributed by atoms with Gasteiger partial charge >= 0.3 is 0 Å². The molecule has 0 fully saturated rings. The number of benzene rings is 1. The van der Waals surface area contributed by atoms with Crippen molar-refractivity contribution in [2.75, 3.05) is 16.6 Å². The average molecular weight is 443 g/mol. The van der Waals surface area contributed by atoms with Crippen LogP contribution in [0.1, 0.15) is 27.2 Å². The zero-order chi connectivity index (χ0) is 22.0. The van der Waals surface area contributed by atoms with Crippen LogP contribution in [-0.2, 0) is 16.6 Å². The van der Waals surface area contributed by atoms with Crippen LogP contribution in [0.15, 0.2) is 47.5 Å². The van der Waals surface area contributed by atoms with Crippen LogP contribution in [0.3, 0.4) is 0 Å². The van der Waals surface area contributed by atoms with Gasteiger partial charge in [-0.15, -0.1) is 0 Å². The van der Waals surface area contributed by atoms with Crippen LogP contribution in [0.2, 0.25) is 0 Å². The summed E-state index contributed by atoms with van der Waals surface area (Å²) in [6, 6.07) is 10.2. The molecule has 31 heavy (non-hydrogen) atoms. The summed E-state index contributed by atoms with van der Waals surface area (Å²) in [5, 5.41) is 7.67. The van der Waals surface area contributed by atoms with Crippen LogP contribution < -0.4 is 14.8 Å². The molecule has 3 aromatic rings. The topological polar surface area (TPSA) is 111 Å². The molecule has 2 N–H and O–H groups in total. The molecule has 0 aliphatic carbocycles. The van der Waals surface area contributed by atoms with E-state index in [-0.39, 0.29) is 16.9 Å². The van der Waals surface area contributed by atoms with E-state index >= 15 is 0 Å². The summed E-state index contributed by atoms with van der Waals surface area (Å²) in [6.45, 7) is 7.26. The van der Waals surface area contributed by atoms with Crippen molar-refractivity contribution in [1.29, 1.82) is 0 Å². The van der Waals surface area contributed by atoms with Crippen molar-refractivity contribution in [3.63, 3.8) is 0 Å². The Morgan fingerprint density at radius 3 is 2.84 bits per heavy atom. The van der Waals surface area contributed by atoms with Gasteiger partial charge in [0.1, 0.15) is 6.61 Å². The maximum Gasteiger partial charge on any atom is 0.264 e. The molecule has 1 aliphatic heterocycles. The van der Waals surface area contributed by atoms with Crippen LogP contribution in [0.25, 0.3) is 11.4 Å². The Labute approximate surface area is 181 Å². The fraction of sp³-hybridized carbons (Fsp3) is 0.381. The quantitative estimate of drug-likeness (QED) is 0.637. The summed E-state index contributed by atoms with van der Waals surface area (Å²) in [7, 11) is -3.88. The molecular weight excluding hydrogens is 416 g/mol. The smallest absolute Gasteiger partial charge is 0.264 e. The van der Waals surface area contributed by atoms with E-state index in [1.165, 1.54) is 0 Å². The monoisotopic (exact) mass is 442 g/mol. The molecule has 1 atom stereocenters. The van der Waals surface area contributed by atoms with Gasteiger partial charge < -0.3 is 10.1 Å². The Bertz CT molecular complexity index is 1180. The van der Waals surface area contributed by atoms with E-state index in [4.69, 9.17) is 4.74 Å². The second-order valence-corrected chi connectivity index (χ2v) is 9.54. The third-order valence-corrected chi connectivity index (χ3v) is 6.24. The molecule has 0 unspecified atom stereocenters. The SMILES string of the molecule is CCn1nccc1-c1cc2nc(n1)NS(=O)(=O)c1cccc(c1)N[C@H](CC(C)C)CO2. The standard InChI is InChI=1S/C21H26N6O3S/c1-4-27-19(8-9-22-27)18-12-20-25-21(24-18)26-31(28,29)17-7-5-6-15(11-17)23-16(13-30-20)10-14(2)3/h5-9,11-12,14,16,23H,4,10,13H2,1-3H3,(H,24,25,26)/t16-/m1/s1. The highest BCUT2D eigenvalue weighted by atomic mass is 32.2. The van der Waals surface area contributed by atoms with Gasteiger partial charge in [0.2, 0.25) is 11.8 Å². The van der Waals surface area contributed by atoms with Crippen molar-refractivity contribution in [1.82, 2.24) is 19.7 Å². The number of nitrogens with one attached hydrogen (secondary N) is 2. The summed E-state index contributed by atoms with van der Waals surface area (Å²) >= 11 is 0. The van der Waals surface area contributed by atoms with Crippen LogP contribution in [0.4, 0.5) is 11.6 Å². The van der Waals surface area contributed by atoms with Crippen molar-refractivity contribution in [3.8, 4) is 17.3 Å². The Morgan fingerprint density at radius 1 is 1.23 bits per heavy atom. The number of fused-ring (bicyclic) bond motifs is 4. The van der Waals surface area contributed by atoms with Gasteiger partial charge in [-0.3, -0.25) is 4.68 Å². The third-order valence-electron chi connectivity index (χ3n) is 4.91. The van der Waals surface area contributed by atoms with Crippen LogP contribution in [-0.4, -0.2) is 40.8 Å². The van der Waals surface area contributed by atoms with Crippen molar-refractivity contribution in [3.05, 3.63) is 42.6 Å². The number of hydrogen-bond donors (Lipinski definition) is 2. The van der Waals surface area contributed by atoms with E-state index < -0.39 is 10.0 Å². The molecule has 4 rings (SSSR count). The number of rotatable bonds is 4. The van der Waals surface area contributed by atoms with Gasteiger partial charge in [-0.25, -0.2) is 18.1 Å². The van der Waals surface area contributed by atoms with E-state index in [1.807, 2.05) is 19.1 Å². The minimum Gasteiger partial charge on any atom is -0.475 e. The van der Waals surface area contributed by atoms with Gasteiger partial charge in [0.05, 0.1) is 22.3 Å². The lowest BCUT2D eigenvalue weighted by molar-refractivity contribution is 0.271. The largest absolute Gasteiger partial charge is 0.475 e. The van der Waals surface area contributed by atoms with Crippen molar-refractivity contribution in [2.45, 2.75) is 44.7 Å². The molecule has 0 saturated heterocycles. The lowest BCUT2D eigenvalue weighted by Crippen LogP contribution is -2.29. The minimum absolute atomic E-state index is 0.0200. The molecule has 0 spiro atoms. The summed E-state index contributed by atoms with van der Waals surface area (Å²) < 4.78 is 36.2. The summed E-state index contributed by atoms with van der Waals surface area (Å²) in [5.74, 6) is 0.681. The Balaban J connectivity index is 1.81. The normalized spacial score (nSPS) is 17.6. The first-order chi connectivity index (χ1) is 14.8. The summed E-state index contributed by atoms with van der Waals surface area (Å²) in [5.41, 5.74) is 2.00. The van der Waals surface area contributed by atoms with Crippen LogP contribution >= 0.6 is 0 Å². The van der Waals surface area contributed by atoms with Gasteiger partial charge in [0.25, 0.3) is 10.0 Å². The molecule has 4 bridgehead atoms. The predicted molar refractivity (Wildman–Crippen MR) is 119 cm³/mol. The fourth-order valence-electron chi connectivity index (χ4n) is 3.57. The number of ether oxygens (including phenoxy) is 1. The first-order valence-electron chi connectivity index (χ1n) is 10.3. The van der Waals surface area contributed by atoms with Crippen LogP contribution in [0, 0.1) is 5.92 Å². The number of nitrogens with zero attached hydrogens (tertiary/aromatic N) is 4. The second kappa shape index (κ2) is 8.54. The number of aromatic nitrogens is 4. The van der Waals surface area contributed by atoms with Gasteiger partial charge in [-0.05, 0) is 43.5 Å². The zero-order valence-electron chi connectivity index (χ0n) is 17.7. The van der Waals surface area contributed by atoms with Crippen molar-refractivity contribution in [2.24, 2.45) is 5.92 Å². The molecular formula is C21H26N6O3S. The molecule has 0 radical (unpaired) electrons. The Morgan fingerprint density at radius 2 is 2.06 bits per heavy atom. The van der Waals surface area contributed by atoms with E-state index in [9.17, 15) is 8.42 Å². The average Bonchev–Trinajstić information content (AvgIpc) is 3.20. The molecule has 164 valence electrons. The Hall–Kier alpha value is -3.14. The van der Waals surface area contributed by atoms with E-state index in [1.54, 1.807) is 35.1 Å². The first kappa shape index (κ1) is 21.1. The van der Waals surface area contributed by atoms with E-state index in [0.29, 0.717) is 30.6 Å². The molecule has 1 aliphatic rings. The molecule has 1 aromatic carbocycles. The summed E-state index contributed by atoms with van der Waals surface area (Å²) in [4.78, 5) is 8.86. The van der Waals surface area contributed by atoms with Crippen molar-refractivity contribution < 1.29 is 13.2 Å². The van der Waals surface area contributed by atoms with Crippen molar-refractivity contribution >= 4 is 21.7 Å². The fourth-order valence-corrected chi connectivity index (χ4v) is 4.56. The third kappa shape index (κ3) is 4.79. The van der Waals surface area contributed by atoms with Gasteiger partial charge in [0, 0.05) is 24.5 Å². The highest BCUT2D eigenvalue weighted by Crippen LogP contribution is 2.26. The highest BCUT2D eigenvalue weighted by Gasteiger charge is 2.21. The lowest BCUT2D eigenvalue weighted by Gasteiger charge is -2.23. The molecule has 0 amide bonds. The molecule has 10 heteroatoms. The molecule has 0 saturated carbocycles. The minimum atomic E-state index is -3.88. The predicted octanol–water partition coefficient (Wildman–Crippen LogP) is 3.38. The van der Waals surface area contributed by atoms with Gasteiger partial charge in [-0.2, -0.15) is 10.1 Å². The zero-order valence-corrected chi connectivity index (χ0v) is 18.6. The number of hydrogen-bond acceptors (Lipinski definition) is 7. The first-order valence-corrected chi connectivity index (χ1v) is 11.8. The number of anilines is 2. The van der Waals surface area contributed by atoms with Gasteiger partial charge in [0.15, 0.2) is 0 Å². The maximum atomic E-state index is 13.0. The molecule has 2 aromatic heterocycles. The Kier molecular flexibility index (Phi) is 5.81. The highest BCUT2D eigenvalue weighted by molar-refractivity contribution is 7.92. The van der Waals surface area contributed by atoms with Crippen LogP contribution in [0.5, 0.6) is 5.88 Å². The van der Waals surface area contributed by atoms with E-state index in [2.05, 4.69) is 39.0 Å².